The maximum Gasteiger partial charge on any atom is 0.417 e. The van der Waals surface area contributed by atoms with Gasteiger partial charge in [-0.2, -0.15) is 18.3 Å². The summed E-state index contributed by atoms with van der Waals surface area (Å²) in [6.07, 6.45) is -4.46. The quantitative estimate of drug-likeness (QED) is 0.558. The number of nitrogens with zero attached hydrogens (tertiary/aromatic N) is 3. The largest absolute Gasteiger partial charge is 0.417 e. The third kappa shape index (κ3) is 4.98. The first kappa shape index (κ1) is 22.2. The molecule has 0 amide bonds. The van der Waals surface area contributed by atoms with Gasteiger partial charge in [-0.15, -0.1) is 0 Å². The van der Waals surface area contributed by atoms with Crippen molar-refractivity contribution >= 4 is 17.3 Å². The Labute approximate surface area is 184 Å². The van der Waals surface area contributed by atoms with Crippen LogP contribution in [0.1, 0.15) is 11.3 Å². The van der Waals surface area contributed by atoms with Gasteiger partial charge in [0.2, 0.25) is 0 Å². The summed E-state index contributed by atoms with van der Waals surface area (Å²) in [5.74, 6) is 1.23. The van der Waals surface area contributed by atoms with Crippen molar-refractivity contribution in [2.24, 2.45) is 0 Å². The van der Waals surface area contributed by atoms with E-state index in [9.17, 15) is 13.2 Å². The van der Waals surface area contributed by atoms with E-state index in [1.54, 1.807) is 12.1 Å². The van der Waals surface area contributed by atoms with Crippen molar-refractivity contribution in [1.29, 1.82) is 0 Å². The minimum atomic E-state index is -4.46. The van der Waals surface area contributed by atoms with Crippen LogP contribution in [0.25, 0.3) is 11.3 Å². The first-order chi connectivity index (χ1) is 13.9. The number of H-pyrrole nitrogens is 1. The van der Waals surface area contributed by atoms with Gasteiger partial charge in [-0.25, -0.2) is 4.98 Å². The molecule has 0 saturated carbocycles. The van der Waals surface area contributed by atoms with Gasteiger partial charge in [-0.1, -0.05) is 18.2 Å². The van der Waals surface area contributed by atoms with E-state index in [0.717, 1.165) is 37.9 Å². The number of benzene rings is 1. The number of aryl methyl sites for hydroxylation is 1. The number of piperazine rings is 1. The summed E-state index contributed by atoms with van der Waals surface area (Å²) in [7, 11) is 0. The number of nitrogens with one attached hydrogen (secondary N) is 3. The van der Waals surface area contributed by atoms with Gasteiger partial charge in [0.1, 0.15) is 5.82 Å². The molecule has 1 aliphatic heterocycles. The van der Waals surface area contributed by atoms with Crippen LogP contribution in [0.3, 0.4) is 0 Å². The van der Waals surface area contributed by atoms with Crippen molar-refractivity contribution in [3.63, 3.8) is 0 Å². The van der Waals surface area contributed by atoms with Gasteiger partial charge in [0, 0.05) is 73.8 Å². The summed E-state index contributed by atoms with van der Waals surface area (Å²) in [4.78, 5) is 6.64. The molecule has 1 radical (unpaired) electrons. The Kier molecular flexibility index (Phi) is 6.75. The fourth-order valence-corrected chi connectivity index (χ4v) is 3.37. The summed E-state index contributed by atoms with van der Waals surface area (Å²) in [5.41, 5.74) is 1.13. The number of aromatic amines is 1. The monoisotopic (exact) mass is 453 g/mol. The van der Waals surface area contributed by atoms with E-state index in [0.29, 0.717) is 17.3 Å². The van der Waals surface area contributed by atoms with E-state index in [1.165, 1.54) is 12.1 Å². The molecule has 1 aliphatic rings. The molecule has 1 aromatic carbocycles. The molecule has 0 atom stereocenters. The molecule has 0 unspecified atom stereocenters. The molecule has 0 bridgehead atoms. The van der Waals surface area contributed by atoms with Crippen LogP contribution >= 0.6 is 0 Å². The van der Waals surface area contributed by atoms with E-state index >= 15 is 0 Å². The summed E-state index contributed by atoms with van der Waals surface area (Å²) >= 11 is 0. The molecule has 1 fully saturated rings. The Bertz CT molecular complexity index is 998. The third-order valence-corrected chi connectivity index (χ3v) is 4.74. The Balaban J connectivity index is 0.00000256. The molecule has 10 heteroatoms. The molecule has 6 nitrogen and oxygen atoms in total. The molecule has 0 spiro atoms. The number of anilines is 3. The molecule has 30 heavy (non-hydrogen) atoms. The molecular weight excluding hydrogens is 432 g/mol. The van der Waals surface area contributed by atoms with Crippen LogP contribution in [0.15, 0.2) is 42.5 Å². The Morgan fingerprint density at radius 2 is 1.80 bits per heavy atom. The van der Waals surface area contributed by atoms with Gasteiger partial charge >= 0.3 is 6.18 Å². The van der Waals surface area contributed by atoms with Crippen LogP contribution in [0.5, 0.6) is 0 Å². The molecule has 1 saturated heterocycles. The molecule has 2 aromatic heterocycles. The van der Waals surface area contributed by atoms with E-state index in [1.807, 2.05) is 19.1 Å². The van der Waals surface area contributed by atoms with Gasteiger partial charge in [0.05, 0.1) is 11.3 Å². The van der Waals surface area contributed by atoms with Gasteiger partial charge in [0.15, 0.2) is 5.82 Å². The number of hydrogen-bond donors (Lipinski definition) is 3. The fraction of sp³-hybridized carbons (Fsp3) is 0.300. The number of aromatic nitrogens is 3. The zero-order chi connectivity index (χ0) is 20.4. The van der Waals surface area contributed by atoms with Crippen LogP contribution in [0, 0.1) is 6.92 Å². The second-order valence-corrected chi connectivity index (χ2v) is 6.94. The predicted octanol–water partition coefficient (Wildman–Crippen LogP) is 3.95. The van der Waals surface area contributed by atoms with Crippen molar-refractivity contribution in [2.45, 2.75) is 13.1 Å². The van der Waals surface area contributed by atoms with Crippen molar-refractivity contribution in [3.05, 3.63) is 53.7 Å². The standard InChI is InChI=1S/C20H21F3N6.V/c1-13-10-18(28-27-13)25-14-11-17(15-4-2-3-5-16(15)20(21,22)23)26-19(12-14)29-8-6-24-7-9-29;/h2-5,10-12,24H,6-9H2,1H3,(H2,25,26,27,28);. The second kappa shape index (κ2) is 9.12. The van der Waals surface area contributed by atoms with Gasteiger partial charge in [-0.05, 0) is 19.1 Å². The average molecular weight is 453 g/mol. The first-order valence-corrected chi connectivity index (χ1v) is 9.33. The molecule has 0 aliphatic carbocycles. The fourth-order valence-electron chi connectivity index (χ4n) is 3.37. The van der Waals surface area contributed by atoms with Gasteiger partial charge in [-0.3, -0.25) is 5.10 Å². The molecule has 3 N–H and O–H groups in total. The van der Waals surface area contributed by atoms with Crippen molar-refractivity contribution in [1.82, 2.24) is 20.5 Å². The molecule has 157 valence electrons. The van der Waals surface area contributed by atoms with Gasteiger partial charge < -0.3 is 15.5 Å². The van der Waals surface area contributed by atoms with Crippen LogP contribution in [-0.4, -0.2) is 41.4 Å². The summed E-state index contributed by atoms with van der Waals surface area (Å²) in [6, 6.07) is 10.8. The Morgan fingerprint density at radius 1 is 1.07 bits per heavy atom. The topological polar surface area (TPSA) is 68.9 Å². The van der Waals surface area contributed by atoms with E-state index in [-0.39, 0.29) is 29.8 Å². The molecule has 3 heterocycles. The van der Waals surface area contributed by atoms with Crippen LogP contribution in [0.2, 0.25) is 0 Å². The molecular formula is C20H21F3N6V. The van der Waals surface area contributed by atoms with Crippen LogP contribution in [-0.2, 0) is 24.7 Å². The minimum Gasteiger partial charge on any atom is -0.354 e. The van der Waals surface area contributed by atoms with Crippen molar-refractivity contribution in [3.8, 4) is 11.3 Å². The average Bonchev–Trinajstić information content (AvgIpc) is 3.12. The number of rotatable bonds is 4. The maximum absolute atomic E-state index is 13.6. The summed E-state index contributed by atoms with van der Waals surface area (Å²) in [6.45, 7) is 4.94. The van der Waals surface area contributed by atoms with Crippen molar-refractivity contribution < 1.29 is 31.7 Å². The zero-order valence-electron chi connectivity index (χ0n) is 16.3. The number of alkyl halides is 3. The summed E-state index contributed by atoms with van der Waals surface area (Å²) in [5, 5.41) is 13.4. The summed E-state index contributed by atoms with van der Waals surface area (Å²) < 4.78 is 40.7. The third-order valence-electron chi connectivity index (χ3n) is 4.74. The number of halogens is 3. The van der Waals surface area contributed by atoms with E-state index in [2.05, 4.69) is 30.7 Å². The normalized spacial score (nSPS) is 14.3. The molecule has 3 aromatic rings. The predicted molar refractivity (Wildman–Crippen MR) is 106 cm³/mol. The second-order valence-electron chi connectivity index (χ2n) is 6.94. The SMILES string of the molecule is Cc1cc(Nc2cc(-c3ccccc3C(F)(F)F)nc(N3CCNCC3)c2)n[nH]1.[V]. The van der Waals surface area contributed by atoms with Crippen LogP contribution in [0.4, 0.5) is 30.5 Å². The molecule has 4 rings (SSSR count). The smallest absolute Gasteiger partial charge is 0.354 e. The van der Waals surface area contributed by atoms with Crippen molar-refractivity contribution in [2.75, 3.05) is 36.4 Å². The van der Waals surface area contributed by atoms with E-state index in [4.69, 9.17) is 0 Å². The number of hydrogen-bond acceptors (Lipinski definition) is 5. The first-order valence-electron chi connectivity index (χ1n) is 9.33. The Hall–Kier alpha value is -2.49. The van der Waals surface area contributed by atoms with E-state index < -0.39 is 11.7 Å². The van der Waals surface area contributed by atoms with Crippen LogP contribution < -0.4 is 15.5 Å². The zero-order valence-corrected chi connectivity index (χ0v) is 17.7. The minimum absolute atomic E-state index is 0. The Morgan fingerprint density at radius 3 is 2.47 bits per heavy atom. The van der Waals surface area contributed by atoms with Gasteiger partial charge in [0.25, 0.3) is 0 Å². The number of pyridine rings is 1. The maximum atomic E-state index is 13.6.